The third kappa shape index (κ3) is 7.17. The normalized spacial score (nSPS) is 32.4. The molecule has 1 aliphatic heterocycles. The monoisotopic (exact) mass is 839 g/mol. The van der Waals surface area contributed by atoms with Crippen molar-refractivity contribution >= 4 is 29.6 Å². The van der Waals surface area contributed by atoms with E-state index in [4.69, 9.17) is 18.9 Å². The van der Waals surface area contributed by atoms with Crippen LogP contribution in [0.4, 0.5) is 0 Å². The second-order valence-electron chi connectivity index (χ2n) is 17.7. The van der Waals surface area contributed by atoms with Crippen LogP contribution in [-0.4, -0.2) is 104 Å². The van der Waals surface area contributed by atoms with E-state index in [1.165, 1.54) is 26.0 Å². The molecule has 11 atom stereocenters. The van der Waals surface area contributed by atoms with Crippen LogP contribution in [-0.2, 0) is 33.3 Å². The van der Waals surface area contributed by atoms with E-state index in [2.05, 4.69) is 5.32 Å². The number of hydrogen-bond donors (Lipinski definition) is 5. The van der Waals surface area contributed by atoms with E-state index in [0.717, 1.165) is 0 Å². The number of benzene rings is 3. The summed E-state index contributed by atoms with van der Waals surface area (Å²) in [6.45, 7) is 9.00. The van der Waals surface area contributed by atoms with Crippen molar-refractivity contribution < 1.29 is 63.3 Å². The maximum Gasteiger partial charge on any atom is 0.338 e. The number of ketones is 1. The molecular formula is C47H53NO13. The van der Waals surface area contributed by atoms with Gasteiger partial charge in [0.05, 0.1) is 41.6 Å². The summed E-state index contributed by atoms with van der Waals surface area (Å²) in [5, 5.41) is 52.3. The molecule has 14 heteroatoms. The van der Waals surface area contributed by atoms with Gasteiger partial charge in [-0.1, -0.05) is 94.4 Å². The summed E-state index contributed by atoms with van der Waals surface area (Å²) in [6.07, 6.45) is -10.5. The van der Waals surface area contributed by atoms with Gasteiger partial charge in [-0.25, -0.2) is 9.59 Å². The van der Waals surface area contributed by atoms with E-state index >= 15 is 4.79 Å². The van der Waals surface area contributed by atoms with Crippen LogP contribution in [0.2, 0.25) is 0 Å². The van der Waals surface area contributed by atoms with E-state index in [1.807, 2.05) is 0 Å². The van der Waals surface area contributed by atoms with Crippen molar-refractivity contribution in [3.05, 3.63) is 119 Å². The molecule has 61 heavy (non-hydrogen) atoms. The average Bonchev–Trinajstić information content (AvgIpc) is 3.24. The van der Waals surface area contributed by atoms with Crippen LogP contribution in [0.1, 0.15) is 86.7 Å². The molecular weight excluding hydrogens is 787 g/mol. The molecule has 2 saturated carbocycles. The Morgan fingerprint density at radius 1 is 0.836 bits per heavy atom. The number of carbonyl (C=O) groups excluding carboxylic acids is 5. The van der Waals surface area contributed by atoms with Crippen molar-refractivity contribution in [3.63, 3.8) is 0 Å². The van der Waals surface area contributed by atoms with Crippen molar-refractivity contribution in [3.8, 4) is 0 Å². The number of Topliss-reactive ketones (excluding diaryl/α,β-unsaturated/α-hetero) is 1. The van der Waals surface area contributed by atoms with Gasteiger partial charge in [-0.3, -0.25) is 14.4 Å². The molecule has 0 radical (unpaired) electrons. The third-order valence-corrected chi connectivity index (χ3v) is 13.6. The number of rotatable bonds is 10. The van der Waals surface area contributed by atoms with Crippen molar-refractivity contribution in [1.82, 2.24) is 5.32 Å². The summed E-state index contributed by atoms with van der Waals surface area (Å²) >= 11 is 0. The maximum atomic E-state index is 15.1. The Hall–Kier alpha value is -5.25. The predicted molar refractivity (Wildman–Crippen MR) is 217 cm³/mol. The summed E-state index contributed by atoms with van der Waals surface area (Å²) in [5.74, 6) is -6.46. The highest BCUT2D eigenvalue weighted by Gasteiger charge is 2.78. The number of nitrogens with one attached hydrogen (secondary N) is 1. The van der Waals surface area contributed by atoms with E-state index in [0.29, 0.717) is 5.56 Å². The topological polar surface area (TPSA) is 215 Å². The quantitative estimate of drug-likeness (QED) is 0.112. The number of aliphatic hydroxyl groups is 4. The summed E-state index contributed by atoms with van der Waals surface area (Å²) in [7, 11) is 0. The average molecular weight is 840 g/mol. The second-order valence-corrected chi connectivity index (χ2v) is 17.7. The van der Waals surface area contributed by atoms with Crippen LogP contribution in [0, 0.1) is 22.7 Å². The Bertz CT molecular complexity index is 2210. The van der Waals surface area contributed by atoms with Crippen molar-refractivity contribution in [1.29, 1.82) is 0 Å². The SMILES string of the molecule is CC1=C2[C@@H](O)C(=O)[C@@]3(C)[C@H]([C@H](OC(=O)c4ccccc4)[C@](O)(C[C@@H]1OC(=O)[C@H](O)[C@@H](NC(=O)c1ccccc1)c1ccccc1)C2(C)C)[C@]1(OC(=O)C(C)C)CO[C@@H]1C[C@@H]3O. The fourth-order valence-electron chi connectivity index (χ4n) is 9.98. The van der Waals surface area contributed by atoms with Crippen molar-refractivity contribution in [2.24, 2.45) is 22.7 Å². The van der Waals surface area contributed by atoms with E-state index in [-0.39, 0.29) is 35.3 Å². The molecule has 324 valence electrons. The van der Waals surface area contributed by atoms with Crippen LogP contribution in [0.5, 0.6) is 0 Å². The molecule has 3 aliphatic carbocycles. The van der Waals surface area contributed by atoms with Gasteiger partial charge in [0.15, 0.2) is 17.5 Å². The zero-order chi connectivity index (χ0) is 44.2. The molecule has 0 spiro atoms. The van der Waals surface area contributed by atoms with E-state index in [9.17, 15) is 39.6 Å². The fourth-order valence-corrected chi connectivity index (χ4v) is 9.98. The second kappa shape index (κ2) is 16.2. The minimum absolute atomic E-state index is 0.0524. The highest BCUT2D eigenvalue weighted by atomic mass is 16.6. The lowest BCUT2D eigenvalue weighted by molar-refractivity contribution is -0.347. The van der Waals surface area contributed by atoms with Crippen LogP contribution >= 0.6 is 0 Å². The Balaban J connectivity index is 1.35. The standard InChI is InChI=1S/C47H53NO13/c1-25(2)41(54)61-46-24-58-32(46)22-31(49)45(6)37(46)39(60-42(55)29-20-14-9-15-21-29)47(57)23-30(26(3)33(44(47,4)5)35(50)38(45)52)59-43(56)36(51)34(27-16-10-7-11-17-27)48-40(53)28-18-12-8-13-19-28/h7-21,25,30-32,34-37,39,49-51,57H,22-24H2,1-6H3,(H,48,53)/t30-,31-,32+,34-,35+,36+,37-,39-,45+,46-,47+/m0/s1. The first-order chi connectivity index (χ1) is 28.8. The summed E-state index contributed by atoms with van der Waals surface area (Å²) in [4.78, 5) is 70.5. The van der Waals surface area contributed by atoms with Crippen molar-refractivity contribution in [2.45, 2.75) is 108 Å². The van der Waals surface area contributed by atoms with Gasteiger partial charge < -0.3 is 44.7 Å². The van der Waals surface area contributed by atoms with Gasteiger partial charge in [0, 0.05) is 23.8 Å². The molecule has 3 aromatic rings. The minimum atomic E-state index is -2.36. The van der Waals surface area contributed by atoms with Gasteiger partial charge in [-0.05, 0) is 54.8 Å². The number of ether oxygens (including phenoxy) is 4. The highest BCUT2D eigenvalue weighted by Crippen LogP contribution is 2.64. The molecule has 1 amide bonds. The van der Waals surface area contributed by atoms with Gasteiger partial charge in [-0.15, -0.1) is 0 Å². The zero-order valence-corrected chi connectivity index (χ0v) is 34.9. The number of carbonyl (C=O) groups is 5. The molecule has 5 N–H and O–H groups in total. The van der Waals surface area contributed by atoms with E-state index in [1.54, 1.807) is 107 Å². The molecule has 0 aromatic heterocycles. The fraction of sp³-hybridized carbons (Fsp3) is 0.468. The van der Waals surface area contributed by atoms with Crippen LogP contribution in [0.15, 0.2) is 102 Å². The molecule has 7 rings (SSSR count). The summed E-state index contributed by atoms with van der Waals surface area (Å²) in [6, 6.07) is 23.1. The van der Waals surface area contributed by atoms with Gasteiger partial charge in [0.2, 0.25) is 0 Å². The smallest absolute Gasteiger partial charge is 0.338 e. The lowest BCUT2D eigenvalue weighted by atomic mass is 9.44. The van der Waals surface area contributed by atoms with E-state index < -0.39 is 113 Å². The molecule has 14 nitrogen and oxygen atoms in total. The summed E-state index contributed by atoms with van der Waals surface area (Å²) < 4.78 is 24.6. The van der Waals surface area contributed by atoms with Crippen LogP contribution in [0.25, 0.3) is 0 Å². The predicted octanol–water partition coefficient (Wildman–Crippen LogP) is 3.80. The zero-order valence-electron chi connectivity index (χ0n) is 34.9. The van der Waals surface area contributed by atoms with Crippen LogP contribution < -0.4 is 5.32 Å². The van der Waals surface area contributed by atoms with Crippen molar-refractivity contribution in [2.75, 3.05) is 6.61 Å². The molecule has 3 aromatic carbocycles. The first kappa shape index (κ1) is 43.8. The Morgan fingerprint density at radius 3 is 1.97 bits per heavy atom. The molecule has 3 fully saturated rings. The van der Waals surface area contributed by atoms with Gasteiger partial charge in [-0.2, -0.15) is 0 Å². The number of hydrogen-bond acceptors (Lipinski definition) is 13. The third-order valence-electron chi connectivity index (χ3n) is 13.6. The minimum Gasteiger partial charge on any atom is -0.456 e. The Labute approximate surface area is 353 Å². The Morgan fingerprint density at radius 2 is 1.41 bits per heavy atom. The van der Waals surface area contributed by atoms with Gasteiger partial charge in [0.1, 0.15) is 30.0 Å². The highest BCUT2D eigenvalue weighted by molar-refractivity contribution is 5.95. The largest absolute Gasteiger partial charge is 0.456 e. The first-order valence-electron chi connectivity index (χ1n) is 20.5. The molecule has 1 saturated heterocycles. The lowest BCUT2D eigenvalue weighted by Gasteiger charge is -2.67. The Kier molecular flexibility index (Phi) is 11.7. The molecule has 4 aliphatic rings. The first-order valence-corrected chi connectivity index (χ1v) is 20.5. The molecule has 0 unspecified atom stereocenters. The van der Waals surface area contributed by atoms with Gasteiger partial charge >= 0.3 is 17.9 Å². The molecule has 2 bridgehead atoms. The number of aliphatic hydroxyl groups excluding tert-OH is 3. The lowest BCUT2D eigenvalue weighted by Crippen LogP contribution is -2.82. The maximum absolute atomic E-state index is 15.1. The number of amides is 1. The number of esters is 3. The van der Waals surface area contributed by atoms with Crippen LogP contribution in [0.3, 0.4) is 0 Å². The summed E-state index contributed by atoms with van der Waals surface area (Å²) in [5.41, 5.74) is -6.90. The molecule has 1 heterocycles. The van der Waals surface area contributed by atoms with Gasteiger partial charge in [0.25, 0.3) is 5.91 Å². The number of fused-ring (bicyclic) bond motifs is 5.